The fourth-order valence-corrected chi connectivity index (χ4v) is 3.10. The molecule has 0 atom stereocenters. The molecule has 0 radical (unpaired) electrons. The first kappa shape index (κ1) is 15.6. The van der Waals surface area contributed by atoms with Crippen molar-refractivity contribution in [2.24, 2.45) is 0 Å². The third-order valence-corrected chi connectivity index (χ3v) is 3.40. The van der Waals surface area contributed by atoms with Gasteiger partial charge >= 0.3 is 14.1 Å². The Bertz CT molecular complexity index is 207. The minimum Gasteiger partial charge on any atom is -0.432 e. The molecule has 96 valence electrons. The van der Waals surface area contributed by atoms with Crippen molar-refractivity contribution in [1.82, 2.24) is 0 Å². The zero-order valence-corrected chi connectivity index (χ0v) is 11.7. The molecule has 0 aliphatic rings. The minimum absolute atomic E-state index is 0.0773. The van der Waals surface area contributed by atoms with Crippen molar-refractivity contribution in [2.75, 3.05) is 13.3 Å². The minimum atomic E-state index is -2.64. The molecule has 0 rings (SSSR count). The molecule has 0 N–H and O–H groups in total. The van der Waals surface area contributed by atoms with Crippen LogP contribution in [0.3, 0.4) is 0 Å². The Labute approximate surface area is 98.0 Å². The Kier molecular flexibility index (Phi) is 6.88. The van der Waals surface area contributed by atoms with E-state index in [-0.39, 0.29) is 18.8 Å². The van der Waals surface area contributed by atoms with Crippen molar-refractivity contribution in [3.05, 3.63) is 0 Å². The van der Waals surface area contributed by atoms with Crippen molar-refractivity contribution in [2.45, 2.75) is 46.8 Å². The average molecular weight is 253 g/mol. The van der Waals surface area contributed by atoms with E-state index in [1.807, 2.05) is 27.7 Å². The van der Waals surface area contributed by atoms with Crippen LogP contribution in [0.15, 0.2) is 0 Å². The molecule has 6 heteroatoms. The highest BCUT2D eigenvalue weighted by atomic mass is 31.2. The van der Waals surface area contributed by atoms with E-state index in [1.54, 1.807) is 13.6 Å². The topological polar surface area (TPSA) is 54.0 Å². The van der Waals surface area contributed by atoms with Gasteiger partial charge in [0, 0.05) is 0 Å². The summed E-state index contributed by atoms with van der Waals surface area (Å²) in [5.41, 5.74) is 0. The summed E-state index contributed by atoms with van der Waals surface area (Å²) in [6, 6.07) is 0. The van der Waals surface area contributed by atoms with E-state index in [2.05, 4.69) is 0 Å². The maximum Gasteiger partial charge on any atom is 0.551 e. The van der Waals surface area contributed by atoms with E-state index in [4.69, 9.17) is 18.3 Å². The lowest BCUT2D eigenvalue weighted by atomic mass is 10.5. The van der Waals surface area contributed by atoms with Crippen molar-refractivity contribution < 1.29 is 23.1 Å². The summed E-state index contributed by atoms with van der Waals surface area (Å²) >= 11 is 0. The smallest absolute Gasteiger partial charge is 0.432 e. The van der Waals surface area contributed by atoms with E-state index >= 15 is 0 Å². The third-order valence-electron chi connectivity index (χ3n) is 1.31. The lowest BCUT2D eigenvalue weighted by molar-refractivity contribution is 0.0660. The fraction of sp³-hybridized carbons (Fsp3) is 0.900. The Morgan fingerprint density at radius 2 is 1.56 bits per heavy atom. The van der Waals surface area contributed by atoms with Gasteiger partial charge in [0.05, 0.1) is 6.61 Å². The molecule has 0 aromatic carbocycles. The molecular weight excluding hydrogens is 231 g/mol. The largest absolute Gasteiger partial charge is 0.551 e. The molecule has 0 heterocycles. The number of carbonyl (C=O) groups is 1. The highest BCUT2D eigenvalue weighted by molar-refractivity contribution is 7.61. The summed E-state index contributed by atoms with van der Waals surface area (Å²) in [4.78, 5) is 11.2. The van der Waals surface area contributed by atoms with Crippen LogP contribution >= 0.6 is 7.94 Å². The predicted molar refractivity (Wildman–Crippen MR) is 63.4 cm³/mol. The summed E-state index contributed by atoms with van der Waals surface area (Å²) in [7, 11) is -2.64. The molecule has 0 aliphatic carbocycles. The number of rotatable bonds is 6. The quantitative estimate of drug-likeness (QED) is 0.536. The van der Waals surface area contributed by atoms with Crippen LogP contribution < -0.4 is 0 Å². The number of hydrogen-bond acceptors (Lipinski definition) is 5. The number of ether oxygens (including phenoxy) is 1. The van der Waals surface area contributed by atoms with Crippen molar-refractivity contribution >= 4 is 14.1 Å². The lowest BCUT2D eigenvalue weighted by Gasteiger charge is -2.20. The van der Waals surface area contributed by atoms with Gasteiger partial charge < -0.3 is 4.74 Å². The number of hydrogen-bond donors (Lipinski definition) is 0. The first-order chi connectivity index (χ1) is 7.29. The van der Waals surface area contributed by atoms with Crippen molar-refractivity contribution in [3.63, 3.8) is 0 Å². The second kappa shape index (κ2) is 7.05. The van der Waals surface area contributed by atoms with Gasteiger partial charge in [-0.15, -0.1) is 0 Å². The van der Waals surface area contributed by atoms with Gasteiger partial charge in [0.1, 0.15) is 18.9 Å². The van der Waals surface area contributed by atoms with Crippen LogP contribution in [0.2, 0.25) is 0 Å². The first-order valence-electron chi connectivity index (χ1n) is 5.38. The third kappa shape index (κ3) is 6.99. The maximum atomic E-state index is 11.2. The van der Waals surface area contributed by atoms with Crippen LogP contribution in [0.4, 0.5) is 4.79 Å². The zero-order valence-electron chi connectivity index (χ0n) is 10.9. The summed E-state index contributed by atoms with van der Waals surface area (Å²) in [5.74, 6) is 0. The Balaban J connectivity index is 4.45. The monoisotopic (exact) mass is 253 g/mol. The molecule has 0 unspecified atom stereocenters. The van der Waals surface area contributed by atoms with Gasteiger partial charge in [0.15, 0.2) is 0 Å². The molecule has 0 aromatic rings. The van der Waals surface area contributed by atoms with Gasteiger partial charge in [0.25, 0.3) is 0 Å². The van der Waals surface area contributed by atoms with Gasteiger partial charge in [-0.3, -0.25) is 0 Å². The van der Waals surface area contributed by atoms with Crippen LogP contribution in [-0.4, -0.2) is 31.6 Å². The zero-order chi connectivity index (χ0) is 12.8. The van der Waals surface area contributed by atoms with E-state index in [1.165, 1.54) is 0 Å². The summed E-state index contributed by atoms with van der Waals surface area (Å²) in [5, 5.41) is 0. The van der Waals surface area contributed by atoms with Gasteiger partial charge in [-0.1, -0.05) is 0 Å². The highest BCUT2D eigenvalue weighted by Gasteiger charge is 2.45. The van der Waals surface area contributed by atoms with Crippen LogP contribution in [0.5, 0.6) is 0 Å². The normalized spacial score (nSPS) is 12.0. The summed E-state index contributed by atoms with van der Waals surface area (Å²) < 4.78 is 20.9. The second-order valence-electron chi connectivity index (χ2n) is 3.85. The van der Waals surface area contributed by atoms with Gasteiger partial charge in [-0.25, -0.2) is 4.52 Å². The molecule has 0 aliphatic heterocycles. The van der Waals surface area contributed by atoms with E-state index in [0.717, 1.165) is 0 Å². The lowest BCUT2D eigenvalue weighted by Crippen LogP contribution is -2.18. The molecule has 0 saturated heterocycles. The summed E-state index contributed by atoms with van der Waals surface area (Å²) in [6.07, 6.45) is -0.905. The van der Waals surface area contributed by atoms with E-state index < -0.39 is 14.1 Å². The molecule has 5 nitrogen and oxygen atoms in total. The molecule has 0 fully saturated rings. The van der Waals surface area contributed by atoms with E-state index in [0.29, 0.717) is 0 Å². The number of carbonyl (C=O) groups excluding carboxylic acids is 1. The standard InChI is InChI=1S/C10H22O5P/c1-7-12-10(11)15-16(6,13-8(2)3)14-9(4)5/h8-9H,7H2,1-6H3/q+1. The molecule has 16 heavy (non-hydrogen) atoms. The van der Waals surface area contributed by atoms with Gasteiger partial charge in [0.2, 0.25) is 0 Å². The van der Waals surface area contributed by atoms with Crippen LogP contribution in [0.25, 0.3) is 0 Å². The molecule has 0 aromatic heterocycles. The fourth-order valence-electron chi connectivity index (χ4n) is 1.11. The Morgan fingerprint density at radius 3 is 1.88 bits per heavy atom. The first-order valence-corrected chi connectivity index (χ1v) is 7.37. The molecule has 0 bridgehead atoms. The summed E-state index contributed by atoms with van der Waals surface area (Å²) in [6.45, 7) is 11.1. The molecule has 0 amide bonds. The van der Waals surface area contributed by atoms with Gasteiger partial charge in [-0.2, -0.15) is 13.8 Å². The maximum absolute atomic E-state index is 11.2. The van der Waals surface area contributed by atoms with Crippen molar-refractivity contribution in [3.8, 4) is 0 Å². The van der Waals surface area contributed by atoms with Crippen LogP contribution in [0.1, 0.15) is 34.6 Å². The average Bonchev–Trinajstić information content (AvgIpc) is 1.98. The highest BCUT2D eigenvalue weighted by Crippen LogP contribution is 2.60. The van der Waals surface area contributed by atoms with Crippen molar-refractivity contribution in [1.29, 1.82) is 0 Å². The second-order valence-corrected chi connectivity index (χ2v) is 6.00. The Hall–Kier alpha value is -0.380. The van der Waals surface area contributed by atoms with E-state index in [9.17, 15) is 4.79 Å². The van der Waals surface area contributed by atoms with Gasteiger partial charge in [-0.05, 0) is 34.6 Å². The van der Waals surface area contributed by atoms with Crippen LogP contribution in [-0.2, 0) is 18.3 Å². The Morgan fingerprint density at radius 1 is 1.12 bits per heavy atom. The molecule has 0 saturated carbocycles. The molecule has 0 spiro atoms. The molecular formula is C10H22O5P+. The predicted octanol–water partition coefficient (Wildman–Crippen LogP) is 3.40. The SMILES string of the molecule is CCOC(=O)O[P+](C)(OC(C)C)OC(C)C. The van der Waals surface area contributed by atoms with Crippen LogP contribution in [0, 0.1) is 0 Å².